The summed E-state index contributed by atoms with van der Waals surface area (Å²) in [6.45, 7) is 8.21. The maximum atomic E-state index is 12.6. The highest BCUT2D eigenvalue weighted by Crippen LogP contribution is 2.20. The molecule has 1 fully saturated rings. The number of rotatable bonds is 8. The number of hydrogen-bond acceptors (Lipinski definition) is 5. The first-order valence-corrected chi connectivity index (χ1v) is 11.2. The molecule has 0 radical (unpaired) electrons. The molecule has 1 amide bonds. The van der Waals surface area contributed by atoms with Crippen molar-refractivity contribution in [1.82, 2.24) is 25.3 Å². The number of aliphatic imine (C=N–C) groups is 1. The maximum absolute atomic E-state index is 12.6. The van der Waals surface area contributed by atoms with Gasteiger partial charge in [0.05, 0.1) is 12.7 Å². The fraction of sp³-hybridized carbons (Fsp3) is 0.522. The van der Waals surface area contributed by atoms with E-state index in [1.807, 2.05) is 37.1 Å². The van der Waals surface area contributed by atoms with E-state index in [4.69, 9.17) is 0 Å². The number of benzene rings is 1. The van der Waals surface area contributed by atoms with Crippen molar-refractivity contribution < 1.29 is 9.90 Å². The van der Waals surface area contributed by atoms with Gasteiger partial charge in [-0.2, -0.15) is 5.10 Å². The number of guanidine groups is 1. The SMILES string of the molecule is CCNC(=NCC(C)(O)c1cnn(C)c1)NCCC(=O)N1CCN(c2ccccc2)CC1.I. The van der Waals surface area contributed by atoms with E-state index in [9.17, 15) is 9.90 Å². The van der Waals surface area contributed by atoms with Gasteiger partial charge in [0.25, 0.3) is 0 Å². The minimum Gasteiger partial charge on any atom is -0.383 e. The predicted octanol–water partition coefficient (Wildman–Crippen LogP) is 1.54. The van der Waals surface area contributed by atoms with Crippen molar-refractivity contribution in [3.05, 3.63) is 48.3 Å². The van der Waals surface area contributed by atoms with Crippen LogP contribution >= 0.6 is 24.0 Å². The summed E-state index contributed by atoms with van der Waals surface area (Å²) in [5.41, 5.74) is 0.796. The quantitative estimate of drug-likeness (QED) is 0.254. The zero-order valence-electron chi connectivity index (χ0n) is 19.7. The van der Waals surface area contributed by atoms with Gasteiger partial charge in [-0.25, -0.2) is 4.99 Å². The van der Waals surface area contributed by atoms with Gasteiger partial charge in [0.2, 0.25) is 5.91 Å². The third-order valence-electron chi connectivity index (χ3n) is 5.60. The molecule has 9 nitrogen and oxygen atoms in total. The number of nitrogens with one attached hydrogen (secondary N) is 2. The summed E-state index contributed by atoms with van der Waals surface area (Å²) in [4.78, 5) is 21.4. The standard InChI is InChI=1S/C23H35N7O2.HI/c1-4-24-22(26-18-23(2,32)19-16-27-28(3)17-19)25-11-10-21(31)30-14-12-29(13-15-30)20-8-6-5-7-9-20;/h5-9,16-17,32H,4,10-15,18H2,1-3H3,(H2,24,25,26);1H. The Balaban J connectivity index is 0.00000385. The Labute approximate surface area is 213 Å². The zero-order valence-corrected chi connectivity index (χ0v) is 22.0. The lowest BCUT2D eigenvalue weighted by molar-refractivity contribution is -0.131. The van der Waals surface area contributed by atoms with Crippen LogP contribution in [0.25, 0.3) is 0 Å². The predicted molar refractivity (Wildman–Crippen MR) is 142 cm³/mol. The summed E-state index contributed by atoms with van der Waals surface area (Å²) >= 11 is 0. The van der Waals surface area contributed by atoms with E-state index in [1.165, 1.54) is 5.69 Å². The molecule has 0 spiro atoms. The van der Waals surface area contributed by atoms with Crippen molar-refractivity contribution in [3.63, 3.8) is 0 Å². The molecule has 0 saturated carbocycles. The minimum absolute atomic E-state index is 0. The Morgan fingerprint density at radius 3 is 2.48 bits per heavy atom. The number of para-hydroxylation sites is 1. The normalized spacial score (nSPS) is 16.1. The van der Waals surface area contributed by atoms with Crippen LogP contribution in [-0.4, -0.2) is 77.5 Å². The summed E-state index contributed by atoms with van der Waals surface area (Å²) in [5, 5.41) is 21.2. The Morgan fingerprint density at radius 1 is 1.18 bits per heavy atom. The van der Waals surface area contributed by atoms with Crippen LogP contribution in [0.3, 0.4) is 0 Å². The summed E-state index contributed by atoms with van der Waals surface area (Å²) in [5.74, 6) is 0.724. The van der Waals surface area contributed by atoms with Gasteiger partial charge in [-0.1, -0.05) is 18.2 Å². The van der Waals surface area contributed by atoms with Crippen LogP contribution in [0.4, 0.5) is 5.69 Å². The van der Waals surface area contributed by atoms with Crippen LogP contribution in [0.2, 0.25) is 0 Å². The first-order valence-electron chi connectivity index (χ1n) is 11.2. The molecule has 182 valence electrons. The van der Waals surface area contributed by atoms with Crippen LogP contribution in [0.5, 0.6) is 0 Å². The molecule has 1 saturated heterocycles. The average Bonchev–Trinajstić information content (AvgIpc) is 3.25. The second-order valence-electron chi connectivity index (χ2n) is 8.25. The highest BCUT2D eigenvalue weighted by atomic mass is 127. The van der Waals surface area contributed by atoms with Gasteiger partial charge < -0.3 is 25.5 Å². The lowest BCUT2D eigenvalue weighted by Crippen LogP contribution is -2.49. The summed E-state index contributed by atoms with van der Waals surface area (Å²) in [6.07, 6.45) is 3.83. The fourth-order valence-corrected chi connectivity index (χ4v) is 3.66. The molecule has 1 atom stereocenters. The van der Waals surface area contributed by atoms with E-state index in [0.717, 1.165) is 26.2 Å². The molecular formula is C23H36IN7O2. The van der Waals surface area contributed by atoms with E-state index in [1.54, 1.807) is 24.0 Å². The van der Waals surface area contributed by atoms with Crippen LogP contribution in [0.1, 0.15) is 25.8 Å². The Hall–Kier alpha value is -2.34. The first kappa shape index (κ1) is 26.9. The Morgan fingerprint density at radius 2 is 1.88 bits per heavy atom. The fourth-order valence-electron chi connectivity index (χ4n) is 3.66. The second kappa shape index (κ2) is 12.8. The number of hydrogen-bond donors (Lipinski definition) is 3. The van der Waals surface area contributed by atoms with Crippen molar-refractivity contribution in [3.8, 4) is 0 Å². The zero-order chi connectivity index (χ0) is 23.0. The minimum atomic E-state index is -1.12. The number of nitrogens with zero attached hydrogens (tertiary/aromatic N) is 5. The van der Waals surface area contributed by atoms with Crippen LogP contribution < -0.4 is 15.5 Å². The van der Waals surface area contributed by atoms with E-state index in [2.05, 4.69) is 37.8 Å². The smallest absolute Gasteiger partial charge is 0.224 e. The lowest BCUT2D eigenvalue weighted by atomic mass is 10.0. The molecule has 1 aliphatic heterocycles. The molecule has 2 aromatic rings. The monoisotopic (exact) mass is 569 g/mol. The molecule has 3 rings (SSSR count). The summed E-state index contributed by atoms with van der Waals surface area (Å²) < 4.78 is 1.66. The summed E-state index contributed by atoms with van der Waals surface area (Å²) in [7, 11) is 1.81. The van der Waals surface area contributed by atoms with Crippen LogP contribution in [-0.2, 0) is 17.4 Å². The number of amides is 1. The topological polar surface area (TPSA) is 98.0 Å². The molecular weight excluding hydrogens is 533 g/mol. The number of aromatic nitrogens is 2. The number of aryl methyl sites for hydroxylation is 1. The molecule has 1 aromatic carbocycles. The second-order valence-corrected chi connectivity index (χ2v) is 8.25. The van der Waals surface area contributed by atoms with E-state index >= 15 is 0 Å². The molecule has 10 heteroatoms. The lowest BCUT2D eigenvalue weighted by Gasteiger charge is -2.36. The van der Waals surface area contributed by atoms with E-state index in [-0.39, 0.29) is 36.4 Å². The maximum Gasteiger partial charge on any atom is 0.224 e. The van der Waals surface area contributed by atoms with Crippen molar-refractivity contribution >= 4 is 41.5 Å². The molecule has 0 bridgehead atoms. The highest BCUT2D eigenvalue weighted by molar-refractivity contribution is 14.0. The van der Waals surface area contributed by atoms with Crippen molar-refractivity contribution in [2.45, 2.75) is 25.9 Å². The van der Waals surface area contributed by atoms with Gasteiger partial charge in [-0.3, -0.25) is 9.48 Å². The van der Waals surface area contributed by atoms with Gasteiger partial charge in [0, 0.05) is 70.2 Å². The van der Waals surface area contributed by atoms with E-state index in [0.29, 0.717) is 31.0 Å². The number of carbonyl (C=O) groups is 1. The largest absolute Gasteiger partial charge is 0.383 e. The summed E-state index contributed by atoms with van der Waals surface area (Å²) in [6, 6.07) is 10.3. The molecule has 1 aromatic heterocycles. The van der Waals surface area contributed by atoms with Crippen LogP contribution in [0, 0.1) is 0 Å². The first-order chi connectivity index (χ1) is 15.4. The molecule has 3 N–H and O–H groups in total. The van der Waals surface area contributed by atoms with Crippen molar-refractivity contribution in [1.29, 1.82) is 0 Å². The third-order valence-corrected chi connectivity index (χ3v) is 5.60. The van der Waals surface area contributed by atoms with E-state index < -0.39 is 5.60 Å². The number of piperazine rings is 1. The third kappa shape index (κ3) is 7.88. The number of aliphatic hydroxyl groups is 1. The average molecular weight is 569 g/mol. The van der Waals surface area contributed by atoms with Gasteiger partial charge in [0.1, 0.15) is 5.60 Å². The molecule has 2 heterocycles. The highest BCUT2D eigenvalue weighted by Gasteiger charge is 2.25. The van der Waals surface area contributed by atoms with Crippen molar-refractivity contribution in [2.75, 3.05) is 50.7 Å². The molecule has 1 unspecified atom stereocenters. The number of halogens is 1. The van der Waals surface area contributed by atoms with Gasteiger partial charge >= 0.3 is 0 Å². The Bertz CT molecular complexity index is 893. The number of carbonyl (C=O) groups excluding carboxylic acids is 1. The number of anilines is 1. The van der Waals surface area contributed by atoms with Gasteiger partial charge in [0.15, 0.2) is 5.96 Å². The molecule has 1 aliphatic rings. The molecule has 33 heavy (non-hydrogen) atoms. The van der Waals surface area contributed by atoms with Gasteiger partial charge in [-0.15, -0.1) is 24.0 Å². The van der Waals surface area contributed by atoms with Crippen LogP contribution in [0.15, 0.2) is 47.7 Å². The van der Waals surface area contributed by atoms with Gasteiger partial charge in [-0.05, 0) is 26.0 Å². The molecule has 0 aliphatic carbocycles. The Kier molecular flexibility index (Phi) is 10.4. The van der Waals surface area contributed by atoms with Crippen molar-refractivity contribution in [2.24, 2.45) is 12.0 Å².